The molecule has 2 N–H and O–H groups in total. The molecule has 0 saturated heterocycles. The average molecular weight is 297 g/mol. The van der Waals surface area contributed by atoms with Crippen LogP contribution in [0.15, 0.2) is 24.3 Å². The lowest BCUT2D eigenvalue weighted by molar-refractivity contribution is -0.132. The number of amides is 1. The summed E-state index contributed by atoms with van der Waals surface area (Å²) in [6.07, 6.45) is 0.373. The van der Waals surface area contributed by atoms with Gasteiger partial charge in [-0.25, -0.2) is 0 Å². The minimum absolute atomic E-state index is 0.0644. The van der Waals surface area contributed by atoms with Gasteiger partial charge in [0.1, 0.15) is 0 Å². The third-order valence-corrected chi connectivity index (χ3v) is 3.74. The van der Waals surface area contributed by atoms with E-state index in [0.717, 1.165) is 5.56 Å². The van der Waals surface area contributed by atoms with E-state index in [-0.39, 0.29) is 17.4 Å². The van der Waals surface area contributed by atoms with E-state index in [0.29, 0.717) is 24.5 Å². The quantitative estimate of drug-likeness (QED) is 0.904. The van der Waals surface area contributed by atoms with Gasteiger partial charge >= 0.3 is 0 Å². The van der Waals surface area contributed by atoms with Gasteiger partial charge in [-0.1, -0.05) is 44.5 Å². The van der Waals surface area contributed by atoms with E-state index in [2.05, 4.69) is 20.8 Å². The van der Waals surface area contributed by atoms with Gasteiger partial charge in [0, 0.05) is 30.6 Å². The van der Waals surface area contributed by atoms with Crippen molar-refractivity contribution >= 4 is 17.5 Å². The summed E-state index contributed by atoms with van der Waals surface area (Å²) in [5.74, 6) is 0.0925. The number of rotatable bonds is 5. The van der Waals surface area contributed by atoms with Gasteiger partial charge in [0.15, 0.2) is 0 Å². The number of hydrogen-bond donors (Lipinski definition) is 1. The maximum absolute atomic E-state index is 12.3. The Balaban J connectivity index is 2.69. The van der Waals surface area contributed by atoms with Gasteiger partial charge in [-0.3, -0.25) is 4.79 Å². The SMILES string of the molecule is CCN(Cc1cccc(Cl)c1)C(=O)CC(N)C(C)(C)C. The van der Waals surface area contributed by atoms with Crippen LogP contribution in [-0.4, -0.2) is 23.4 Å². The molecule has 1 amide bonds. The molecule has 0 fully saturated rings. The third-order valence-electron chi connectivity index (χ3n) is 3.50. The summed E-state index contributed by atoms with van der Waals surface area (Å²) in [5, 5.41) is 0.692. The second-order valence-corrected chi connectivity index (χ2v) is 6.65. The molecule has 1 unspecified atom stereocenters. The van der Waals surface area contributed by atoms with E-state index in [4.69, 9.17) is 17.3 Å². The molecule has 0 heterocycles. The Kier molecular flexibility index (Phi) is 6.03. The molecule has 0 aliphatic heterocycles. The van der Waals surface area contributed by atoms with E-state index < -0.39 is 0 Å². The van der Waals surface area contributed by atoms with E-state index >= 15 is 0 Å². The summed E-state index contributed by atoms with van der Waals surface area (Å²) in [6.45, 7) is 9.38. The molecule has 112 valence electrons. The lowest BCUT2D eigenvalue weighted by Gasteiger charge is -2.29. The zero-order valence-corrected chi connectivity index (χ0v) is 13.6. The summed E-state index contributed by atoms with van der Waals surface area (Å²) in [4.78, 5) is 14.2. The molecule has 3 nitrogen and oxygen atoms in total. The molecule has 1 atom stereocenters. The highest BCUT2D eigenvalue weighted by atomic mass is 35.5. The van der Waals surface area contributed by atoms with Gasteiger partial charge in [-0.2, -0.15) is 0 Å². The van der Waals surface area contributed by atoms with Crippen molar-refractivity contribution in [3.05, 3.63) is 34.9 Å². The molecule has 4 heteroatoms. The number of halogens is 1. The predicted molar refractivity (Wildman–Crippen MR) is 84.6 cm³/mol. The number of nitrogens with zero attached hydrogens (tertiary/aromatic N) is 1. The first kappa shape index (κ1) is 17.0. The Bertz CT molecular complexity index is 454. The minimum atomic E-state index is -0.136. The second kappa shape index (κ2) is 7.09. The van der Waals surface area contributed by atoms with Gasteiger partial charge < -0.3 is 10.6 Å². The van der Waals surface area contributed by atoms with Gasteiger partial charge in [-0.05, 0) is 30.0 Å². The standard InChI is InChI=1S/C16H25ClN2O/c1-5-19(11-12-7-6-8-13(17)9-12)15(20)10-14(18)16(2,3)4/h6-9,14H,5,10-11,18H2,1-4H3. The van der Waals surface area contributed by atoms with Crippen LogP contribution >= 0.6 is 11.6 Å². The molecule has 0 bridgehead atoms. The van der Waals surface area contributed by atoms with Crippen LogP contribution in [0.1, 0.15) is 39.7 Å². The lowest BCUT2D eigenvalue weighted by atomic mass is 9.85. The molecule has 1 aromatic carbocycles. The highest BCUT2D eigenvalue weighted by Gasteiger charge is 2.25. The number of carbonyl (C=O) groups excluding carboxylic acids is 1. The molecule has 0 aliphatic rings. The molecule has 20 heavy (non-hydrogen) atoms. The Morgan fingerprint density at radius 3 is 2.55 bits per heavy atom. The minimum Gasteiger partial charge on any atom is -0.339 e. The van der Waals surface area contributed by atoms with Crippen LogP contribution in [0.25, 0.3) is 0 Å². The normalized spacial score (nSPS) is 13.1. The van der Waals surface area contributed by atoms with E-state index in [1.54, 1.807) is 0 Å². The molecule has 0 saturated carbocycles. The zero-order chi connectivity index (χ0) is 15.3. The summed E-state index contributed by atoms with van der Waals surface area (Å²) in [5.41, 5.74) is 7.07. The van der Waals surface area contributed by atoms with Crippen LogP contribution in [0.3, 0.4) is 0 Å². The number of benzene rings is 1. The molecule has 0 aromatic heterocycles. The molecule has 0 aliphatic carbocycles. The van der Waals surface area contributed by atoms with Crippen LogP contribution < -0.4 is 5.73 Å². The Labute approximate surface area is 127 Å². The first-order chi connectivity index (χ1) is 9.24. The van der Waals surface area contributed by atoms with E-state index in [1.807, 2.05) is 36.1 Å². The molecule has 1 rings (SSSR count). The Morgan fingerprint density at radius 2 is 2.05 bits per heavy atom. The third kappa shape index (κ3) is 5.14. The van der Waals surface area contributed by atoms with Crippen LogP contribution in [0.4, 0.5) is 0 Å². The summed E-state index contributed by atoms with van der Waals surface area (Å²) in [6, 6.07) is 7.46. The maximum atomic E-state index is 12.3. The largest absolute Gasteiger partial charge is 0.339 e. The molecule has 0 spiro atoms. The Morgan fingerprint density at radius 1 is 1.40 bits per heavy atom. The van der Waals surface area contributed by atoms with Crippen LogP contribution in [0.5, 0.6) is 0 Å². The highest BCUT2D eigenvalue weighted by molar-refractivity contribution is 6.30. The van der Waals surface area contributed by atoms with Crippen molar-refractivity contribution in [2.24, 2.45) is 11.1 Å². The molecular weight excluding hydrogens is 272 g/mol. The van der Waals surface area contributed by atoms with Crippen molar-refractivity contribution in [3.8, 4) is 0 Å². The molecule has 1 aromatic rings. The lowest BCUT2D eigenvalue weighted by Crippen LogP contribution is -2.41. The van der Waals surface area contributed by atoms with Crippen LogP contribution in [0.2, 0.25) is 5.02 Å². The molecule has 0 radical (unpaired) electrons. The summed E-state index contributed by atoms with van der Waals surface area (Å²) < 4.78 is 0. The fourth-order valence-electron chi connectivity index (χ4n) is 1.86. The average Bonchev–Trinajstić information content (AvgIpc) is 2.34. The van der Waals surface area contributed by atoms with Crippen molar-refractivity contribution in [2.75, 3.05) is 6.54 Å². The summed E-state index contributed by atoms with van der Waals surface area (Å²) >= 11 is 5.97. The van der Waals surface area contributed by atoms with Crippen LogP contribution in [-0.2, 0) is 11.3 Å². The Hall–Kier alpha value is -1.06. The molecular formula is C16H25ClN2O. The van der Waals surface area contributed by atoms with Crippen molar-refractivity contribution in [2.45, 2.75) is 46.7 Å². The first-order valence-corrected chi connectivity index (χ1v) is 7.39. The van der Waals surface area contributed by atoms with E-state index in [1.165, 1.54) is 0 Å². The number of nitrogens with two attached hydrogens (primary N) is 1. The fraction of sp³-hybridized carbons (Fsp3) is 0.562. The van der Waals surface area contributed by atoms with Crippen molar-refractivity contribution in [1.82, 2.24) is 4.90 Å². The maximum Gasteiger partial charge on any atom is 0.224 e. The van der Waals surface area contributed by atoms with Gasteiger partial charge in [0.25, 0.3) is 0 Å². The highest BCUT2D eigenvalue weighted by Crippen LogP contribution is 2.21. The number of hydrogen-bond acceptors (Lipinski definition) is 2. The smallest absolute Gasteiger partial charge is 0.224 e. The zero-order valence-electron chi connectivity index (χ0n) is 12.8. The first-order valence-electron chi connectivity index (χ1n) is 7.02. The van der Waals surface area contributed by atoms with Crippen LogP contribution in [0, 0.1) is 5.41 Å². The second-order valence-electron chi connectivity index (χ2n) is 6.21. The topological polar surface area (TPSA) is 46.3 Å². The monoisotopic (exact) mass is 296 g/mol. The van der Waals surface area contributed by atoms with Gasteiger partial charge in [-0.15, -0.1) is 0 Å². The van der Waals surface area contributed by atoms with Crippen molar-refractivity contribution in [3.63, 3.8) is 0 Å². The van der Waals surface area contributed by atoms with Gasteiger partial charge in [0.2, 0.25) is 5.91 Å². The van der Waals surface area contributed by atoms with Crippen molar-refractivity contribution < 1.29 is 4.79 Å². The predicted octanol–water partition coefficient (Wildman–Crippen LogP) is 3.45. The van der Waals surface area contributed by atoms with E-state index in [9.17, 15) is 4.79 Å². The summed E-state index contributed by atoms with van der Waals surface area (Å²) in [7, 11) is 0. The fourth-order valence-corrected chi connectivity index (χ4v) is 2.07. The van der Waals surface area contributed by atoms with Gasteiger partial charge in [0.05, 0.1) is 0 Å². The number of carbonyl (C=O) groups is 1. The van der Waals surface area contributed by atoms with Crippen molar-refractivity contribution in [1.29, 1.82) is 0 Å².